The molecule has 2 aliphatic carbocycles. The van der Waals surface area contributed by atoms with Crippen LogP contribution in [0.3, 0.4) is 0 Å². The van der Waals surface area contributed by atoms with Gasteiger partial charge in [-0.25, -0.2) is 5.43 Å². The molecule has 19 heavy (non-hydrogen) atoms. The van der Waals surface area contributed by atoms with Gasteiger partial charge in [0.25, 0.3) is 0 Å². The third-order valence-corrected chi connectivity index (χ3v) is 4.68. The molecule has 0 aromatic carbocycles. The van der Waals surface area contributed by atoms with Crippen LogP contribution in [0.2, 0.25) is 0 Å². The van der Waals surface area contributed by atoms with Crippen molar-refractivity contribution in [2.45, 2.75) is 77.6 Å². The average molecular weight is 264 g/mol. The minimum atomic E-state index is 0.155. The van der Waals surface area contributed by atoms with Crippen LogP contribution in [0.5, 0.6) is 0 Å². The van der Waals surface area contributed by atoms with Gasteiger partial charge >= 0.3 is 0 Å². The normalized spacial score (nSPS) is 25.1. The lowest BCUT2D eigenvalue weighted by Gasteiger charge is -2.23. The molecule has 0 spiro atoms. The van der Waals surface area contributed by atoms with Crippen LogP contribution in [0.25, 0.3) is 0 Å². The first kappa shape index (κ1) is 14.5. The Labute approximate surface area is 117 Å². The Hall–Kier alpha value is -0.860. The summed E-state index contributed by atoms with van der Waals surface area (Å²) in [4.78, 5) is 12.0. The molecule has 0 aromatic heterocycles. The SMILES string of the molecule is CCCC1CCC(=NNC(=O)C2CCCCC2)CC1. The molecule has 0 heterocycles. The largest absolute Gasteiger partial charge is 0.273 e. The maximum atomic E-state index is 12.0. The lowest BCUT2D eigenvalue weighted by molar-refractivity contribution is -0.125. The third-order valence-electron chi connectivity index (χ3n) is 4.68. The van der Waals surface area contributed by atoms with E-state index >= 15 is 0 Å². The van der Waals surface area contributed by atoms with Crippen molar-refractivity contribution in [1.29, 1.82) is 0 Å². The van der Waals surface area contributed by atoms with E-state index in [1.54, 1.807) is 0 Å². The van der Waals surface area contributed by atoms with Crippen LogP contribution < -0.4 is 5.43 Å². The average Bonchev–Trinajstić information content (AvgIpc) is 2.47. The van der Waals surface area contributed by atoms with E-state index in [1.165, 1.54) is 50.7 Å². The highest BCUT2D eigenvalue weighted by molar-refractivity contribution is 5.87. The number of hydrazone groups is 1. The zero-order chi connectivity index (χ0) is 13.5. The molecule has 0 aromatic rings. The molecular formula is C16H28N2O. The molecule has 0 unspecified atom stereocenters. The quantitative estimate of drug-likeness (QED) is 0.765. The van der Waals surface area contributed by atoms with Gasteiger partial charge in [-0.2, -0.15) is 5.10 Å². The molecule has 2 rings (SSSR count). The maximum Gasteiger partial charge on any atom is 0.243 e. The van der Waals surface area contributed by atoms with Crippen molar-refractivity contribution in [3.8, 4) is 0 Å². The second-order valence-electron chi connectivity index (χ2n) is 6.22. The molecule has 0 radical (unpaired) electrons. The zero-order valence-corrected chi connectivity index (χ0v) is 12.3. The van der Waals surface area contributed by atoms with Gasteiger partial charge in [-0.15, -0.1) is 0 Å². The maximum absolute atomic E-state index is 12.0. The number of amides is 1. The van der Waals surface area contributed by atoms with Gasteiger partial charge in [0.05, 0.1) is 0 Å². The summed E-state index contributed by atoms with van der Waals surface area (Å²) in [5, 5.41) is 4.37. The highest BCUT2D eigenvalue weighted by Gasteiger charge is 2.21. The molecule has 3 nitrogen and oxygen atoms in total. The van der Waals surface area contributed by atoms with Crippen LogP contribution in [0.1, 0.15) is 77.6 Å². The Morgan fingerprint density at radius 2 is 1.84 bits per heavy atom. The number of nitrogens with one attached hydrogen (secondary N) is 1. The minimum Gasteiger partial charge on any atom is -0.273 e. The molecule has 0 atom stereocenters. The Morgan fingerprint density at radius 3 is 2.47 bits per heavy atom. The predicted octanol–water partition coefficient (Wildman–Crippen LogP) is 4.03. The van der Waals surface area contributed by atoms with Gasteiger partial charge in [-0.3, -0.25) is 4.79 Å². The molecule has 1 N–H and O–H groups in total. The first-order chi connectivity index (χ1) is 9.29. The molecule has 0 bridgehead atoms. The van der Waals surface area contributed by atoms with Crippen LogP contribution in [0.15, 0.2) is 5.10 Å². The summed E-state index contributed by atoms with van der Waals surface area (Å²) >= 11 is 0. The minimum absolute atomic E-state index is 0.155. The Kier molecular flexibility index (Phi) is 5.87. The molecule has 0 aliphatic heterocycles. The highest BCUT2D eigenvalue weighted by Crippen LogP contribution is 2.26. The molecule has 0 saturated heterocycles. The molecular weight excluding hydrogens is 236 g/mol. The first-order valence-electron chi connectivity index (χ1n) is 8.15. The van der Waals surface area contributed by atoms with Crippen LogP contribution in [-0.2, 0) is 4.79 Å². The molecule has 108 valence electrons. The fourth-order valence-corrected chi connectivity index (χ4v) is 3.41. The van der Waals surface area contributed by atoms with Crippen molar-refractivity contribution in [2.75, 3.05) is 0 Å². The number of carbonyl (C=O) groups excluding carboxylic acids is 1. The topological polar surface area (TPSA) is 41.5 Å². The summed E-state index contributed by atoms with van der Waals surface area (Å²) in [6.45, 7) is 2.26. The number of rotatable bonds is 4. The van der Waals surface area contributed by atoms with Gasteiger partial charge in [-0.1, -0.05) is 39.0 Å². The monoisotopic (exact) mass is 264 g/mol. The number of hydrogen-bond donors (Lipinski definition) is 1. The standard InChI is InChI=1S/C16H28N2O/c1-2-6-13-9-11-15(12-10-13)17-18-16(19)14-7-4-3-5-8-14/h13-14H,2-12H2,1H3,(H,18,19). The van der Waals surface area contributed by atoms with Crippen molar-refractivity contribution in [1.82, 2.24) is 5.43 Å². The van der Waals surface area contributed by atoms with E-state index in [2.05, 4.69) is 17.5 Å². The van der Waals surface area contributed by atoms with Gasteiger partial charge < -0.3 is 0 Å². The second-order valence-corrected chi connectivity index (χ2v) is 6.22. The van der Waals surface area contributed by atoms with Crippen LogP contribution in [0.4, 0.5) is 0 Å². The van der Waals surface area contributed by atoms with Crippen LogP contribution in [-0.4, -0.2) is 11.6 Å². The fraction of sp³-hybridized carbons (Fsp3) is 0.875. The summed E-state index contributed by atoms with van der Waals surface area (Å²) in [5.74, 6) is 1.26. The Balaban J connectivity index is 1.72. The van der Waals surface area contributed by atoms with Gasteiger partial charge in [0.2, 0.25) is 5.91 Å². The fourth-order valence-electron chi connectivity index (χ4n) is 3.41. The molecule has 3 heteroatoms. The Bertz CT molecular complexity index is 309. The smallest absolute Gasteiger partial charge is 0.243 e. The summed E-state index contributed by atoms with van der Waals surface area (Å²) < 4.78 is 0. The molecule has 1 amide bonds. The van der Waals surface area contributed by atoms with Crippen molar-refractivity contribution in [3.05, 3.63) is 0 Å². The van der Waals surface area contributed by atoms with Gasteiger partial charge in [0.1, 0.15) is 0 Å². The summed E-state index contributed by atoms with van der Waals surface area (Å²) in [6, 6.07) is 0. The number of carbonyl (C=O) groups is 1. The van der Waals surface area contributed by atoms with Gasteiger partial charge in [0.15, 0.2) is 0 Å². The third kappa shape index (κ3) is 4.63. The summed E-state index contributed by atoms with van der Waals surface area (Å²) in [6.07, 6.45) is 13.1. The lowest BCUT2D eigenvalue weighted by Crippen LogP contribution is -2.29. The second kappa shape index (κ2) is 7.66. The lowest BCUT2D eigenvalue weighted by atomic mass is 9.85. The summed E-state index contributed by atoms with van der Waals surface area (Å²) in [5.41, 5.74) is 4.02. The highest BCUT2D eigenvalue weighted by atomic mass is 16.2. The van der Waals surface area contributed by atoms with E-state index in [-0.39, 0.29) is 11.8 Å². The van der Waals surface area contributed by atoms with E-state index in [1.807, 2.05) is 0 Å². The number of nitrogens with zero attached hydrogens (tertiary/aromatic N) is 1. The van der Waals surface area contributed by atoms with Crippen molar-refractivity contribution in [2.24, 2.45) is 16.9 Å². The van der Waals surface area contributed by atoms with E-state index < -0.39 is 0 Å². The van der Waals surface area contributed by atoms with Crippen LogP contribution >= 0.6 is 0 Å². The van der Waals surface area contributed by atoms with Crippen molar-refractivity contribution in [3.63, 3.8) is 0 Å². The van der Waals surface area contributed by atoms with Gasteiger partial charge in [-0.05, 0) is 44.4 Å². The molecule has 2 aliphatic rings. The van der Waals surface area contributed by atoms with E-state index in [0.29, 0.717) is 0 Å². The number of hydrogen-bond acceptors (Lipinski definition) is 2. The molecule has 2 fully saturated rings. The Morgan fingerprint density at radius 1 is 1.16 bits per heavy atom. The zero-order valence-electron chi connectivity index (χ0n) is 12.3. The van der Waals surface area contributed by atoms with E-state index in [4.69, 9.17) is 0 Å². The first-order valence-corrected chi connectivity index (χ1v) is 8.15. The van der Waals surface area contributed by atoms with Crippen molar-refractivity contribution < 1.29 is 4.79 Å². The van der Waals surface area contributed by atoms with Crippen molar-refractivity contribution >= 4 is 11.6 Å². The van der Waals surface area contributed by atoms with E-state index in [0.717, 1.165) is 31.6 Å². The molecule has 2 saturated carbocycles. The van der Waals surface area contributed by atoms with Gasteiger partial charge in [0, 0.05) is 11.6 Å². The van der Waals surface area contributed by atoms with Crippen LogP contribution in [0, 0.1) is 11.8 Å². The predicted molar refractivity (Wildman–Crippen MR) is 79.0 cm³/mol. The summed E-state index contributed by atoms with van der Waals surface area (Å²) in [7, 11) is 0. The van der Waals surface area contributed by atoms with E-state index in [9.17, 15) is 4.79 Å².